The summed E-state index contributed by atoms with van der Waals surface area (Å²) < 4.78 is 24.6. The van der Waals surface area contributed by atoms with Gasteiger partial charge in [0.1, 0.15) is 47.9 Å². The van der Waals surface area contributed by atoms with Crippen molar-refractivity contribution < 1.29 is 62.4 Å². The normalized spacial score (nSPS) is 25.9. The van der Waals surface area contributed by atoms with Gasteiger partial charge in [-0.15, -0.1) is 22.7 Å². The third kappa shape index (κ3) is 20.5. The van der Waals surface area contributed by atoms with Crippen LogP contribution in [0.3, 0.4) is 0 Å². The number of ketones is 2. The fourth-order valence-corrected chi connectivity index (χ4v) is 18.6. The Labute approximate surface area is 679 Å². The summed E-state index contributed by atoms with van der Waals surface area (Å²) in [7, 11) is 0. The van der Waals surface area contributed by atoms with Crippen LogP contribution in [0.25, 0.3) is 43.2 Å². The Morgan fingerprint density at radius 1 is 0.487 bits per heavy atom. The number of para-hydroxylation sites is 4. The monoisotopic (exact) mass is 1600 g/mol. The van der Waals surface area contributed by atoms with Gasteiger partial charge in [0.05, 0.1) is 67.8 Å². The first kappa shape index (κ1) is 81.3. The number of carboxylic acids is 1. The van der Waals surface area contributed by atoms with Crippen molar-refractivity contribution in [3.05, 3.63) is 180 Å². The lowest BCUT2D eigenvalue weighted by molar-refractivity contribution is -0.147. The first-order valence-electron chi connectivity index (χ1n) is 41.3. The van der Waals surface area contributed by atoms with Gasteiger partial charge in [-0.1, -0.05) is 147 Å². The number of hydrogen-bond acceptors (Lipinski definition) is 19. The van der Waals surface area contributed by atoms with Crippen molar-refractivity contribution in [2.75, 3.05) is 26.2 Å². The molecule has 604 valence electrons. The molecule has 4 aromatic heterocycles. The van der Waals surface area contributed by atoms with Crippen LogP contribution in [0.5, 0.6) is 11.8 Å². The predicted molar refractivity (Wildman–Crippen MR) is 441 cm³/mol. The first-order valence-corrected chi connectivity index (χ1v) is 43.0. The van der Waals surface area contributed by atoms with Gasteiger partial charge in [0.25, 0.3) is 0 Å². The van der Waals surface area contributed by atoms with E-state index in [-0.39, 0.29) is 92.1 Å². The van der Waals surface area contributed by atoms with Crippen LogP contribution in [0.15, 0.2) is 169 Å². The number of thiophene rings is 2. The summed E-state index contributed by atoms with van der Waals surface area (Å²) in [5.74, 6) is -2.01. The van der Waals surface area contributed by atoms with E-state index in [4.69, 9.17) is 44.6 Å². The van der Waals surface area contributed by atoms with Gasteiger partial charge in [0.15, 0.2) is 11.6 Å². The number of nitrogens with one attached hydrogen (secondary N) is 3. The molecule has 2 saturated heterocycles. The van der Waals surface area contributed by atoms with Gasteiger partial charge in [-0.3, -0.25) is 28.8 Å². The molecule has 8 aliphatic rings. The smallest absolute Gasteiger partial charge is 0.408 e. The molecule has 0 bridgehead atoms. The molecule has 23 nitrogen and oxygen atoms in total. The molecule has 4 aliphatic carbocycles. The summed E-state index contributed by atoms with van der Waals surface area (Å²) in [5, 5.41) is 23.0. The maximum Gasteiger partial charge on any atom is 0.408 e. The fourth-order valence-electron chi connectivity index (χ4n) is 17.2. The van der Waals surface area contributed by atoms with Crippen LogP contribution in [-0.2, 0) is 51.1 Å². The Morgan fingerprint density at radius 2 is 0.904 bits per heavy atom. The van der Waals surface area contributed by atoms with E-state index in [1.807, 2.05) is 144 Å². The summed E-state index contributed by atoms with van der Waals surface area (Å²) in [6, 6.07) is 39.6. The minimum atomic E-state index is -1.18. The highest BCUT2D eigenvalue weighted by molar-refractivity contribution is 7.13. The van der Waals surface area contributed by atoms with Gasteiger partial charge in [0, 0.05) is 32.2 Å². The number of alkyl carbamates (subject to hydrolysis) is 2. The van der Waals surface area contributed by atoms with E-state index in [0.717, 1.165) is 124 Å². The second-order valence-electron chi connectivity index (χ2n) is 31.8. The molecule has 10 atom stereocenters. The number of ether oxygens (including phenoxy) is 4. The van der Waals surface area contributed by atoms with Crippen molar-refractivity contribution >= 4 is 92.2 Å². The zero-order valence-corrected chi connectivity index (χ0v) is 66.7. The third-order valence-electron chi connectivity index (χ3n) is 23.7. The Bertz CT molecular complexity index is 4750. The van der Waals surface area contributed by atoms with Gasteiger partial charge in [-0.25, -0.2) is 29.5 Å². The second kappa shape index (κ2) is 38.5. The fraction of sp³-hybridized carbons (Fsp3) is 0.467. The molecule has 2 unspecified atom stereocenters. The van der Waals surface area contributed by atoms with E-state index in [9.17, 15) is 43.5 Å². The summed E-state index contributed by atoms with van der Waals surface area (Å²) in [6.07, 6.45) is 22.9. The molecule has 115 heavy (non-hydrogen) atoms. The molecule has 4 aromatic carbocycles. The van der Waals surface area contributed by atoms with Crippen LogP contribution in [0.4, 0.5) is 9.59 Å². The molecule has 0 radical (unpaired) electrons. The van der Waals surface area contributed by atoms with E-state index in [1.54, 1.807) is 4.90 Å². The maximum absolute atomic E-state index is 14.7. The quantitative estimate of drug-likeness (QED) is 0.0529. The van der Waals surface area contributed by atoms with Crippen LogP contribution < -0.4 is 31.2 Å². The number of nitrogens with zero attached hydrogens (tertiary/aromatic N) is 6. The number of hydrogen-bond donors (Lipinski definition) is 5. The van der Waals surface area contributed by atoms with Gasteiger partial charge < -0.3 is 55.5 Å². The molecule has 6 fully saturated rings. The third-order valence-corrected chi connectivity index (χ3v) is 25.5. The lowest BCUT2D eigenvalue weighted by Gasteiger charge is -2.29. The average molecular weight is 1600 g/mol. The second-order valence-corrected chi connectivity index (χ2v) is 33.7. The van der Waals surface area contributed by atoms with Crippen LogP contribution in [-0.4, -0.2) is 157 Å². The van der Waals surface area contributed by atoms with Crippen LogP contribution in [0.2, 0.25) is 0 Å². The van der Waals surface area contributed by atoms with Crippen molar-refractivity contribution in [3.8, 4) is 32.9 Å². The number of amides is 5. The highest BCUT2D eigenvalue weighted by Crippen LogP contribution is 2.58. The number of Topliss-reactive ketones (excluding diaryl/α,β-unsaturated/α-hetero) is 2. The topological polar surface area (TPSA) is 314 Å². The lowest BCUT2D eigenvalue weighted by atomic mass is 9.90. The highest BCUT2D eigenvalue weighted by atomic mass is 32.1. The van der Waals surface area contributed by atoms with Gasteiger partial charge >= 0.3 is 18.2 Å². The number of fused-ring (bicyclic) bond motifs is 6. The largest absolute Gasteiger partial charge is 0.481 e. The van der Waals surface area contributed by atoms with Crippen LogP contribution in [0.1, 0.15) is 165 Å². The Hall–Kier alpha value is -10.2. The molecule has 4 aliphatic heterocycles. The zero-order chi connectivity index (χ0) is 79.7. The van der Waals surface area contributed by atoms with Crippen molar-refractivity contribution in [1.29, 1.82) is 0 Å². The molecule has 25 heteroatoms. The highest BCUT2D eigenvalue weighted by Gasteiger charge is 2.62. The number of nitrogens with two attached hydrogens (primary N) is 1. The molecular formula is C90H104N10O13S2. The average Bonchev–Trinajstić information content (AvgIpc) is 1.58. The molecule has 4 saturated carbocycles. The van der Waals surface area contributed by atoms with Crippen molar-refractivity contribution in [2.24, 2.45) is 28.4 Å². The van der Waals surface area contributed by atoms with E-state index < -0.39 is 65.4 Å². The molecule has 6 N–H and O–H groups in total. The van der Waals surface area contributed by atoms with E-state index >= 15 is 0 Å². The first-order chi connectivity index (χ1) is 56.1. The van der Waals surface area contributed by atoms with Crippen molar-refractivity contribution in [2.45, 2.75) is 216 Å². The van der Waals surface area contributed by atoms with Gasteiger partial charge in [-0.2, -0.15) is 0 Å². The zero-order valence-electron chi connectivity index (χ0n) is 65.1. The standard InChI is InChI=1S/C45H51N5O6S.C37H42N4O7S.C8H11N/c51-38-28-45(43(53)46-24-23-30-14-5-4-6-15-30)27-31(45)16-7-2-1-3-8-21-36(49-44(54)56-32-17-9-10-18-32)42(52)50-29-33(26-37(38)50)55-41-40(39-22-13-25-57-39)47-34-19-11-12-20-35(34)48-41;42-30-21-37(35(44)45)20-23(37)11-4-2-1-3-5-16-28(40-36(46)48-24-12-6-7-13-24)34(43)41-22-25(19-29(30)41)47-33-32(31-17-10-18-49-31)38-26-14-8-9-15-27(26)39-33;9-7-6-8-4-2-1-3-5-8/h4-7,11-16,19-20,22,25,31-33,36-37H,1-3,8-10,17-18,21,23-24,26-29H2,(H,46,53)(H,49,54);4,8-11,14-15,17-18,23-25,28-29H,1-3,5-7,12-13,16,19-22H2,(H,40,46)(H,44,45);1-5H,6-7,9H2/b16-7-;11-4-;/t31?,33-,36+,37+,45-;23?,25-,28+,29+,37-;/m11./s1. The Morgan fingerprint density at radius 3 is 1.35 bits per heavy atom. The van der Waals surface area contributed by atoms with Gasteiger partial charge in [0.2, 0.25) is 29.5 Å². The van der Waals surface area contributed by atoms with E-state index in [1.165, 1.54) is 33.1 Å². The number of rotatable bonds is 17. The number of aromatic nitrogens is 4. The minimum absolute atomic E-state index is 0.00160. The summed E-state index contributed by atoms with van der Waals surface area (Å²) in [5.41, 5.74) is 9.67. The molecular weight excluding hydrogens is 1490 g/mol. The van der Waals surface area contributed by atoms with Gasteiger partial charge in [-0.05, 0) is 192 Å². The summed E-state index contributed by atoms with van der Waals surface area (Å²) in [4.78, 5) is 135. The molecule has 8 heterocycles. The van der Waals surface area contributed by atoms with Crippen LogP contribution in [0, 0.1) is 22.7 Å². The SMILES string of the molecule is NCCc1ccccc1.O=C(N[C@H]1CCCCC/C=C\C2C[C@@]2(C(=O)NCCc2ccccc2)CC(=O)[C@@H]2C[C@@H](Oc3nc4ccccc4nc3-c3cccs3)CN2C1=O)OC1CCCC1.O=C(N[C@H]1CCCCC/C=C\C2C[C@@]2(C(=O)O)CC(=O)[C@@H]2C[C@@H](Oc3nc4ccccc4nc3-c3cccs3)CN2C1=O)OC1CCCC1. The van der Waals surface area contributed by atoms with Crippen LogP contribution >= 0.6 is 22.7 Å². The minimum Gasteiger partial charge on any atom is -0.481 e. The Kier molecular flexibility index (Phi) is 27.2. The Balaban J connectivity index is 0.000000173. The molecule has 5 amide bonds. The number of allylic oxidation sites excluding steroid dienone is 4. The maximum atomic E-state index is 14.7. The van der Waals surface area contributed by atoms with E-state index in [2.05, 4.69) is 40.2 Å². The summed E-state index contributed by atoms with van der Waals surface area (Å²) in [6.45, 7) is 1.39. The number of carbonyl (C=O) groups excluding carboxylic acids is 7. The molecule has 0 spiro atoms. The predicted octanol–water partition coefficient (Wildman–Crippen LogP) is 15.1. The molecule has 8 aromatic rings. The number of carbonyl (C=O) groups is 8. The lowest BCUT2D eigenvalue weighted by Crippen LogP contribution is -2.52. The number of carboxylic acid groups (broad SMARTS) is 1. The van der Waals surface area contributed by atoms with Crippen molar-refractivity contribution in [3.63, 3.8) is 0 Å². The number of aliphatic carboxylic acids is 1. The number of benzene rings is 4. The summed E-state index contributed by atoms with van der Waals surface area (Å²) >= 11 is 3.03. The molecule has 16 rings (SSSR count). The van der Waals surface area contributed by atoms with Crippen molar-refractivity contribution in [1.82, 2.24) is 45.7 Å². The van der Waals surface area contributed by atoms with E-state index in [0.29, 0.717) is 91.2 Å².